The molecule has 7 nitrogen and oxygen atoms in total. The van der Waals surface area contributed by atoms with Gasteiger partial charge in [-0.3, -0.25) is 9.59 Å². The van der Waals surface area contributed by atoms with Crippen LogP contribution in [0.15, 0.2) is 0 Å². The van der Waals surface area contributed by atoms with Crippen LogP contribution in [0, 0.1) is 0 Å². The molecule has 0 spiro atoms. The lowest BCUT2D eigenvalue weighted by atomic mass is 10.1. The van der Waals surface area contributed by atoms with Crippen molar-refractivity contribution < 1.29 is 19.8 Å². The topological polar surface area (TPSA) is 153 Å². The van der Waals surface area contributed by atoms with E-state index < -0.39 is 18.0 Å². The number of hydrogen-bond donors (Lipinski definition) is 5. The second-order valence-corrected chi connectivity index (χ2v) is 2.81. The molecular weight excluding hydrogens is 202 g/mol. The SMILES string of the molecule is NC(CCCC(=O)O)C(=O)O.NCCN. The first kappa shape index (κ1) is 16.3. The molecule has 0 aliphatic carbocycles. The summed E-state index contributed by atoms with van der Waals surface area (Å²) < 4.78 is 0. The van der Waals surface area contributed by atoms with E-state index in [-0.39, 0.29) is 12.8 Å². The summed E-state index contributed by atoms with van der Waals surface area (Å²) in [5.74, 6) is -2.02. The number of nitrogens with two attached hydrogens (primary N) is 3. The molecule has 0 aromatic heterocycles. The van der Waals surface area contributed by atoms with Crippen LogP contribution < -0.4 is 17.2 Å². The van der Waals surface area contributed by atoms with Gasteiger partial charge in [-0.15, -0.1) is 0 Å². The van der Waals surface area contributed by atoms with E-state index in [9.17, 15) is 9.59 Å². The minimum atomic E-state index is -1.09. The van der Waals surface area contributed by atoms with Gasteiger partial charge in [0, 0.05) is 19.5 Å². The molecule has 0 amide bonds. The summed E-state index contributed by atoms with van der Waals surface area (Å²) in [7, 11) is 0. The van der Waals surface area contributed by atoms with Gasteiger partial charge in [0.05, 0.1) is 0 Å². The van der Waals surface area contributed by atoms with Crippen molar-refractivity contribution in [3.05, 3.63) is 0 Å². The zero-order valence-electron chi connectivity index (χ0n) is 8.56. The molecule has 8 N–H and O–H groups in total. The number of carboxylic acid groups (broad SMARTS) is 2. The Hall–Kier alpha value is -1.18. The fourth-order valence-corrected chi connectivity index (χ4v) is 0.597. The fourth-order valence-electron chi connectivity index (χ4n) is 0.597. The number of hydrogen-bond acceptors (Lipinski definition) is 5. The number of carbonyl (C=O) groups is 2. The van der Waals surface area contributed by atoms with E-state index in [4.69, 9.17) is 27.4 Å². The van der Waals surface area contributed by atoms with Crippen molar-refractivity contribution in [3.8, 4) is 0 Å². The van der Waals surface area contributed by atoms with Crippen LogP contribution in [0.1, 0.15) is 19.3 Å². The lowest BCUT2D eigenvalue weighted by Crippen LogP contribution is -2.29. The minimum absolute atomic E-state index is 0.0268. The maximum Gasteiger partial charge on any atom is 0.320 e. The van der Waals surface area contributed by atoms with Gasteiger partial charge in [0.25, 0.3) is 0 Å². The van der Waals surface area contributed by atoms with Gasteiger partial charge >= 0.3 is 11.9 Å². The summed E-state index contributed by atoms with van der Waals surface area (Å²) in [4.78, 5) is 20.1. The Morgan fingerprint density at radius 2 is 1.60 bits per heavy atom. The highest BCUT2D eigenvalue weighted by atomic mass is 16.4. The Morgan fingerprint density at radius 3 is 1.87 bits per heavy atom. The van der Waals surface area contributed by atoms with Crippen LogP contribution in [0.5, 0.6) is 0 Å². The molecule has 0 saturated carbocycles. The first-order valence-electron chi connectivity index (χ1n) is 4.56. The highest BCUT2D eigenvalue weighted by Gasteiger charge is 2.10. The Labute approximate surface area is 88.2 Å². The second-order valence-electron chi connectivity index (χ2n) is 2.81. The third-order valence-corrected chi connectivity index (χ3v) is 1.39. The van der Waals surface area contributed by atoms with Crippen LogP contribution in [0.4, 0.5) is 0 Å². The predicted molar refractivity (Wildman–Crippen MR) is 55.2 cm³/mol. The molecule has 0 aliphatic rings. The third kappa shape index (κ3) is 15.6. The molecule has 1 atom stereocenters. The summed E-state index contributed by atoms with van der Waals surface area (Å²) in [6, 6.07) is -0.936. The van der Waals surface area contributed by atoms with Crippen LogP contribution in [-0.2, 0) is 9.59 Å². The number of rotatable bonds is 6. The van der Waals surface area contributed by atoms with Crippen molar-refractivity contribution in [1.29, 1.82) is 0 Å². The van der Waals surface area contributed by atoms with Gasteiger partial charge in [-0.1, -0.05) is 0 Å². The first-order valence-corrected chi connectivity index (χ1v) is 4.56. The molecule has 90 valence electrons. The van der Waals surface area contributed by atoms with Crippen molar-refractivity contribution >= 4 is 11.9 Å². The molecular formula is C8H19N3O4. The van der Waals surface area contributed by atoms with Gasteiger partial charge in [0.1, 0.15) is 6.04 Å². The Kier molecular flexibility index (Phi) is 11.8. The molecule has 0 bridgehead atoms. The maximum absolute atomic E-state index is 10.1. The van der Waals surface area contributed by atoms with E-state index in [1.54, 1.807) is 0 Å². The first-order chi connectivity index (χ1) is 6.95. The van der Waals surface area contributed by atoms with Gasteiger partial charge in [0.2, 0.25) is 0 Å². The highest BCUT2D eigenvalue weighted by molar-refractivity contribution is 5.73. The monoisotopic (exact) mass is 221 g/mol. The van der Waals surface area contributed by atoms with Crippen LogP contribution in [0.25, 0.3) is 0 Å². The Balaban J connectivity index is 0. The van der Waals surface area contributed by atoms with Gasteiger partial charge in [-0.25, -0.2) is 0 Å². The van der Waals surface area contributed by atoms with E-state index in [2.05, 4.69) is 0 Å². The largest absolute Gasteiger partial charge is 0.481 e. The van der Waals surface area contributed by atoms with Gasteiger partial charge in [-0.2, -0.15) is 0 Å². The highest BCUT2D eigenvalue weighted by Crippen LogP contribution is 1.98. The molecule has 0 heterocycles. The molecule has 0 radical (unpaired) electrons. The molecule has 15 heavy (non-hydrogen) atoms. The van der Waals surface area contributed by atoms with Gasteiger partial charge < -0.3 is 27.4 Å². The average Bonchev–Trinajstić information content (AvgIpc) is 2.17. The summed E-state index contributed by atoms with van der Waals surface area (Å²) >= 11 is 0. The van der Waals surface area contributed by atoms with E-state index >= 15 is 0 Å². The second kappa shape index (κ2) is 10.9. The third-order valence-electron chi connectivity index (χ3n) is 1.39. The Bertz CT molecular complexity index is 185. The normalized spacial score (nSPS) is 11.1. The van der Waals surface area contributed by atoms with Gasteiger partial charge in [0.15, 0.2) is 0 Å². The lowest BCUT2D eigenvalue weighted by molar-refractivity contribution is -0.140. The number of aliphatic carboxylic acids is 2. The lowest BCUT2D eigenvalue weighted by Gasteiger charge is -2.02. The van der Waals surface area contributed by atoms with E-state index in [1.807, 2.05) is 0 Å². The Morgan fingerprint density at radius 1 is 1.13 bits per heavy atom. The van der Waals surface area contributed by atoms with Crippen molar-refractivity contribution in [2.45, 2.75) is 25.3 Å². The molecule has 0 fully saturated rings. The van der Waals surface area contributed by atoms with Gasteiger partial charge in [-0.05, 0) is 12.8 Å². The smallest absolute Gasteiger partial charge is 0.320 e. The van der Waals surface area contributed by atoms with Crippen LogP contribution in [0.3, 0.4) is 0 Å². The predicted octanol–water partition coefficient (Wildman–Crippen LogP) is -1.44. The summed E-state index contributed by atoms with van der Waals surface area (Å²) in [6.07, 6.45) is 0.491. The van der Waals surface area contributed by atoms with Crippen molar-refractivity contribution in [1.82, 2.24) is 0 Å². The zero-order chi connectivity index (χ0) is 12.3. The molecule has 7 heteroatoms. The molecule has 0 saturated heterocycles. The van der Waals surface area contributed by atoms with Crippen LogP contribution in [-0.4, -0.2) is 41.3 Å². The van der Waals surface area contributed by atoms with Crippen LogP contribution in [0.2, 0.25) is 0 Å². The molecule has 0 aromatic rings. The molecule has 0 aromatic carbocycles. The van der Waals surface area contributed by atoms with Crippen LogP contribution >= 0.6 is 0 Å². The van der Waals surface area contributed by atoms with E-state index in [1.165, 1.54) is 0 Å². The van der Waals surface area contributed by atoms with E-state index in [0.29, 0.717) is 19.5 Å². The molecule has 0 aliphatic heterocycles. The van der Waals surface area contributed by atoms with Crippen molar-refractivity contribution in [3.63, 3.8) is 0 Å². The molecule has 1 unspecified atom stereocenters. The summed E-state index contributed by atoms with van der Waals surface area (Å²) in [5, 5.41) is 16.5. The van der Waals surface area contributed by atoms with E-state index in [0.717, 1.165) is 0 Å². The average molecular weight is 221 g/mol. The minimum Gasteiger partial charge on any atom is -0.481 e. The zero-order valence-corrected chi connectivity index (χ0v) is 8.56. The summed E-state index contributed by atoms with van der Waals surface area (Å²) in [6.45, 7) is 1.19. The quantitative estimate of drug-likeness (QED) is 0.368. The molecule has 0 rings (SSSR count). The maximum atomic E-state index is 10.1. The van der Waals surface area contributed by atoms with Crippen molar-refractivity contribution in [2.24, 2.45) is 17.2 Å². The van der Waals surface area contributed by atoms with Crippen molar-refractivity contribution in [2.75, 3.05) is 13.1 Å². The standard InChI is InChI=1S/C6H11NO4.C2H8N2/c7-4(6(10)11)2-1-3-5(8)9;3-1-2-4/h4H,1-3,7H2,(H,8,9)(H,10,11);1-4H2. The number of carboxylic acids is 2. The summed E-state index contributed by atoms with van der Waals surface area (Å²) in [5.41, 5.74) is 14.9. The fraction of sp³-hybridized carbons (Fsp3) is 0.750.